The lowest BCUT2D eigenvalue weighted by Crippen LogP contribution is -2.61. The zero-order valence-corrected chi connectivity index (χ0v) is 15.8. The van der Waals surface area contributed by atoms with Gasteiger partial charge in [0.2, 0.25) is 11.7 Å². The highest BCUT2D eigenvalue weighted by Crippen LogP contribution is 2.55. The maximum atomic E-state index is 12.3. The molecule has 1 heterocycles. The van der Waals surface area contributed by atoms with Crippen LogP contribution in [0.1, 0.15) is 61.3 Å². The standard InChI is InChI=1S/C20H27N3O5/c24-17(22-11-15-1-2-16(28-15)18(25)26)3-4-21-19(27)23-20-8-12-5-13(9-20)7-14(6-12)10-20/h1-2,12-14H,3-11H2,(H,22,24)(H,25,26)(H2,21,23,27). The summed E-state index contributed by atoms with van der Waals surface area (Å²) in [6, 6.07) is 2.67. The lowest BCUT2D eigenvalue weighted by atomic mass is 9.53. The predicted molar refractivity (Wildman–Crippen MR) is 99.6 cm³/mol. The Kier molecular flexibility index (Phi) is 5.03. The number of aromatic carboxylic acids is 1. The van der Waals surface area contributed by atoms with Gasteiger partial charge in [0, 0.05) is 18.5 Å². The largest absolute Gasteiger partial charge is 0.475 e. The van der Waals surface area contributed by atoms with Gasteiger partial charge in [0.05, 0.1) is 6.54 Å². The number of nitrogens with one attached hydrogen (secondary N) is 3. The SMILES string of the molecule is O=C(CCNC(=O)NC12CC3CC(CC(C3)C1)C2)NCc1ccc(C(=O)O)o1. The van der Waals surface area contributed by atoms with Crippen LogP contribution in [0.15, 0.2) is 16.5 Å². The van der Waals surface area contributed by atoms with Gasteiger partial charge in [-0.3, -0.25) is 4.79 Å². The van der Waals surface area contributed by atoms with E-state index >= 15 is 0 Å². The highest BCUT2D eigenvalue weighted by molar-refractivity contribution is 5.84. The summed E-state index contributed by atoms with van der Waals surface area (Å²) in [4.78, 5) is 35.0. The van der Waals surface area contributed by atoms with Crippen LogP contribution in [-0.2, 0) is 11.3 Å². The highest BCUT2D eigenvalue weighted by Gasteiger charge is 2.51. The average molecular weight is 389 g/mol. The minimum atomic E-state index is -1.15. The fraction of sp³-hybridized carbons (Fsp3) is 0.650. The molecule has 4 N–H and O–H groups in total. The first-order valence-electron chi connectivity index (χ1n) is 10.1. The van der Waals surface area contributed by atoms with Crippen molar-refractivity contribution in [3.8, 4) is 0 Å². The van der Waals surface area contributed by atoms with Crippen molar-refractivity contribution in [3.05, 3.63) is 23.7 Å². The minimum Gasteiger partial charge on any atom is -0.475 e. The predicted octanol–water partition coefficient (Wildman–Crippen LogP) is 2.25. The van der Waals surface area contributed by atoms with Crippen LogP contribution in [0, 0.1) is 17.8 Å². The Balaban J connectivity index is 1.16. The van der Waals surface area contributed by atoms with Gasteiger partial charge in [-0.15, -0.1) is 0 Å². The van der Waals surface area contributed by atoms with Gasteiger partial charge in [0.1, 0.15) is 5.76 Å². The van der Waals surface area contributed by atoms with Crippen molar-refractivity contribution in [1.82, 2.24) is 16.0 Å². The molecule has 1 aromatic heterocycles. The number of rotatable bonds is 7. The van der Waals surface area contributed by atoms with Crippen LogP contribution in [-0.4, -0.2) is 35.1 Å². The Labute approximate surface area is 163 Å². The number of hydrogen-bond donors (Lipinski definition) is 4. The number of urea groups is 1. The molecule has 4 saturated carbocycles. The summed E-state index contributed by atoms with van der Waals surface area (Å²) < 4.78 is 5.08. The van der Waals surface area contributed by atoms with Crippen molar-refractivity contribution in [1.29, 1.82) is 0 Å². The second-order valence-electron chi connectivity index (χ2n) is 8.68. The fourth-order valence-corrected chi connectivity index (χ4v) is 5.70. The van der Waals surface area contributed by atoms with Crippen LogP contribution < -0.4 is 16.0 Å². The summed E-state index contributed by atoms with van der Waals surface area (Å²) in [7, 11) is 0. The Morgan fingerprint density at radius 1 is 1.04 bits per heavy atom. The molecular formula is C20H27N3O5. The van der Waals surface area contributed by atoms with E-state index < -0.39 is 5.97 Å². The Morgan fingerprint density at radius 3 is 2.25 bits per heavy atom. The smallest absolute Gasteiger partial charge is 0.371 e. The summed E-state index contributed by atoms with van der Waals surface area (Å²) in [5.41, 5.74) is -0.0395. The van der Waals surface area contributed by atoms with E-state index in [0.717, 1.165) is 37.0 Å². The zero-order chi connectivity index (χ0) is 19.7. The maximum absolute atomic E-state index is 12.3. The van der Waals surface area contributed by atoms with E-state index in [1.54, 1.807) is 0 Å². The van der Waals surface area contributed by atoms with Gasteiger partial charge in [0.15, 0.2) is 0 Å². The molecule has 8 heteroatoms. The van der Waals surface area contributed by atoms with Crippen LogP contribution in [0.4, 0.5) is 4.79 Å². The molecule has 0 saturated heterocycles. The number of carboxylic acid groups (broad SMARTS) is 1. The molecule has 4 bridgehead atoms. The summed E-state index contributed by atoms with van der Waals surface area (Å²) >= 11 is 0. The van der Waals surface area contributed by atoms with Crippen molar-refractivity contribution in [3.63, 3.8) is 0 Å². The first kappa shape index (κ1) is 18.8. The maximum Gasteiger partial charge on any atom is 0.371 e. The average Bonchev–Trinajstić information content (AvgIpc) is 3.07. The number of carbonyl (C=O) groups is 3. The van der Waals surface area contributed by atoms with Crippen LogP contribution in [0.2, 0.25) is 0 Å². The van der Waals surface area contributed by atoms with Gasteiger partial charge >= 0.3 is 12.0 Å². The number of furan rings is 1. The van der Waals surface area contributed by atoms with Crippen LogP contribution in [0.25, 0.3) is 0 Å². The van der Waals surface area contributed by atoms with E-state index in [1.165, 1.54) is 31.4 Å². The molecule has 0 atom stereocenters. The van der Waals surface area contributed by atoms with E-state index in [4.69, 9.17) is 9.52 Å². The second kappa shape index (κ2) is 7.48. The van der Waals surface area contributed by atoms with Gasteiger partial charge in [-0.2, -0.15) is 0 Å². The summed E-state index contributed by atoms with van der Waals surface area (Å²) in [5.74, 6) is 1.13. The van der Waals surface area contributed by atoms with E-state index in [2.05, 4.69) is 16.0 Å². The molecule has 0 unspecified atom stereocenters. The molecule has 0 spiro atoms. The molecule has 4 aliphatic carbocycles. The van der Waals surface area contributed by atoms with E-state index in [-0.39, 0.29) is 42.7 Å². The number of carbonyl (C=O) groups excluding carboxylic acids is 2. The van der Waals surface area contributed by atoms with Crippen molar-refractivity contribution >= 4 is 17.9 Å². The summed E-state index contributed by atoms with van der Waals surface area (Å²) in [6.07, 6.45) is 7.41. The van der Waals surface area contributed by atoms with Gasteiger partial charge in [-0.25, -0.2) is 9.59 Å². The summed E-state index contributed by atoms with van der Waals surface area (Å²) in [6.45, 7) is 0.369. The van der Waals surface area contributed by atoms with Crippen LogP contribution in [0.5, 0.6) is 0 Å². The number of amides is 3. The number of hydrogen-bond acceptors (Lipinski definition) is 4. The number of carboxylic acids is 1. The molecule has 0 aliphatic heterocycles. The molecule has 4 aliphatic rings. The monoisotopic (exact) mass is 389 g/mol. The molecule has 1 aromatic rings. The van der Waals surface area contributed by atoms with E-state index in [9.17, 15) is 14.4 Å². The molecule has 152 valence electrons. The molecule has 8 nitrogen and oxygen atoms in total. The van der Waals surface area contributed by atoms with Crippen LogP contribution >= 0.6 is 0 Å². The molecule has 0 aromatic carbocycles. The molecule has 3 amide bonds. The van der Waals surface area contributed by atoms with Gasteiger partial charge in [-0.1, -0.05) is 0 Å². The Bertz CT molecular complexity index is 736. The van der Waals surface area contributed by atoms with Gasteiger partial charge in [-0.05, 0) is 68.4 Å². The lowest BCUT2D eigenvalue weighted by molar-refractivity contribution is -0.121. The first-order valence-corrected chi connectivity index (χ1v) is 10.1. The Hall–Kier alpha value is -2.51. The normalized spacial score (nSPS) is 30.1. The molecule has 0 radical (unpaired) electrons. The lowest BCUT2D eigenvalue weighted by Gasteiger charge is -2.56. The van der Waals surface area contributed by atoms with Crippen molar-refractivity contribution < 1.29 is 23.9 Å². The Morgan fingerprint density at radius 2 is 1.68 bits per heavy atom. The zero-order valence-electron chi connectivity index (χ0n) is 15.8. The third kappa shape index (κ3) is 4.15. The van der Waals surface area contributed by atoms with Crippen LogP contribution in [0.3, 0.4) is 0 Å². The third-order valence-electron chi connectivity index (χ3n) is 6.39. The highest BCUT2D eigenvalue weighted by atomic mass is 16.4. The van der Waals surface area contributed by atoms with E-state index in [1.807, 2.05) is 0 Å². The van der Waals surface area contributed by atoms with Crippen molar-refractivity contribution in [2.24, 2.45) is 17.8 Å². The minimum absolute atomic E-state index is 0.0395. The molecule has 5 rings (SSSR count). The molecular weight excluding hydrogens is 362 g/mol. The van der Waals surface area contributed by atoms with E-state index in [0.29, 0.717) is 5.76 Å². The fourth-order valence-electron chi connectivity index (χ4n) is 5.70. The topological polar surface area (TPSA) is 121 Å². The quantitative estimate of drug-likeness (QED) is 0.570. The van der Waals surface area contributed by atoms with Gasteiger partial charge in [0.25, 0.3) is 0 Å². The van der Waals surface area contributed by atoms with Gasteiger partial charge < -0.3 is 25.5 Å². The summed E-state index contributed by atoms with van der Waals surface area (Å²) in [5, 5.41) is 17.5. The third-order valence-corrected chi connectivity index (χ3v) is 6.39. The first-order chi connectivity index (χ1) is 13.4. The molecule has 28 heavy (non-hydrogen) atoms. The van der Waals surface area contributed by atoms with Crippen molar-refractivity contribution in [2.75, 3.05) is 6.54 Å². The van der Waals surface area contributed by atoms with Crippen molar-refractivity contribution in [2.45, 2.75) is 57.0 Å². The molecule has 4 fully saturated rings. The second-order valence-corrected chi connectivity index (χ2v) is 8.68.